The normalized spacial score (nSPS) is 10.9. The summed E-state index contributed by atoms with van der Waals surface area (Å²) in [5.74, 6) is 0.879. The molecule has 17 heavy (non-hydrogen) atoms. The first-order valence-electron chi connectivity index (χ1n) is 5.30. The van der Waals surface area contributed by atoms with Crippen molar-refractivity contribution >= 4 is 17.1 Å². The van der Waals surface area contributed by atoms with Gasteiger partial charge in [-0.25, -0.2) is 9.97 Å². The quantitative estimate of drug-likeness (QED) is 0.656. The van der Waals surface area contributed by atoms with Crippen molar-refractivity contribution < 1.29 is 0 Å². The number of hydrogen-bond acceptors (Lipinski definition) is 2. The molecule has 0 aliphatic rings. The Kier molecular flexibility index (Phi) is 2.34. The molecule has 0 spiro atoms. The van der Waals surface area contributed by atoms with Gasteiger partial charge in [0.1, 0.15) is 11.0 Å². The highest BCUT2D eigenvalue weighted by Gasteiger charge is 2.06. The lowest BCUT2D eigenvalue weighted by atomic mass is 10.1. The van der Waals surface area contributed by atoms with Crippen LogP contribution in [0.2, 0.25) is 5.15 Å². The van der Waals surface area contributed by atoms with Crippen molar-refractivity contribution in [1.82, 2.24) is 14.4 Å². The molecule has 0 atom stereocenters. The fourth-order valence-electron chi connectivity index (χ4n) is 1.79. The van der Waals surface area contributed by atoms with E-state index in [2.05, 4.69) is 41.2 Å². The molecule has 4 heteroatoms. The van der Waals surface area contributed by atoms with Gasteiger partial charge in [-0.2, -0.15) is 0 Å². The number of nitrogens with zero attached hydrogens (tertiary/aromatic N) is 3. The molecule has 2 aromatic heterocycles. The minimum atomic E-state index is 0.462. The van der Waals surface area contributed by atoms with Crippen LogP contribution in [-0.4, -0.2) is 14.4 Å². The number of aromatic nitrogens is 3. The maximum absolute atomic E-state index is 5.90. The molecule has 3 nitrogen and oxygen atoms in total. The summed E-state index contributed by atoms with van der Waals surface area (Å²) < 4.78 is 1.94. The summed E-state index contributed by atoms with van der Waals surface area (Å²) in [5.41, 5.74) is 3.23. The summed E-state index contributed by atoms with van der Waals surface area (Å²) in [7, 11) is 0. The van der Waals surface area contributed by atoms with Gasteiger partial charge in [-0.1, -0.05) is 41.4 Å². The minimum Gasteiger partial charge on any atom is -0.295 e. The number of imidazole rings is 1. The van der Waals surface area contributed by atoms with Gasteiger partial charge in [0.25, 0.3) is 0 Å². The maximum atomic E-state index is 5.90. The van der Waals surface area contributed by atoms with E-state index >= 15 is 0 Å². The Morgan fingerprint density at radius 1 is 1.06 bits per heavy atom. The van der Waals surface area contributed by atoms with Crippen LogP contribution in [0.4, 0.5) is 0 Å². The molecule has 0 fully saturated rings. The van der Waals surface area contributed by atoms with Gasteiger partial charge in [-0.15, -0.1) is 0 Å². The second-order valence-corrected chi connectivity index (χ2v) is 4.34. The van der Waals surface area contributed by atoms with Crippen LogP contribution in [0.25, 0.3) is 16.9 Å². The summed E-state index contributed by atoms with van der Waals surface area (Å²) in [6.45, 7) is 2.06. The van der Waals surface area contributed by atoms with E-state index in [4.69, 9.17) is 11.6 Å². The Bertz CT molecular complexity index is 671. The van der Waals surface area contributed by atoms with Crippen molar-refractivity contribution in [1.29, 1.82) is 0 Å². The number of hydrogen-bond donors (Lipinski definition) is 0. The number of aryl methyl sites for hydroxylation is 1. The molecular formula is C13H10ClN3. The Hall–Kier alpha value is -1.87. The van der Waals surface area contributed by atoms with Gasteiger partial charge >= 0.3 is 0 Å². The van der Waals surface area contributed by atoms with Gasteiger partial charge in [0, 0.05) is 11.8 Å². The second-order valence-electron chi connectivity index (χ2n) is 3.95. The average molecular weight is 244 g/mol. The summed E-state index contributed by atoms with van der Waals surface area (Å²) in [4.78, 5) is 8.43. The van der Waals surface area contributed by atoms with Crippen molar-refractivity contribution in [3.63, 3.8) is 0 Å². The molecule has 0 aliphatic heterocycles. The van der Waals surface area contributed by atoms with Crippen LogP contribution in [0.1, 0.15) is 5.56 Å². The third kappa shape index (κ3) is 1.78. The highest BCUT2D eigenvalue weighted by Crippen LogP contribution is 2.20. The number of halogens is 1. The molecule has 3 rings (SSSR count). The van der Waals surface area contributed by atoms with E-state index in [-0.39, 0.29) is 0 Å². The van der Waals surface area contributed by atoms with Gasteiger partial charge in [-0.05, 0) is 6.92 Å². The molecule has 0 saturated heterocycles. The smallest absolute Gasteiger partial charge is 0.145 e. The Labute approximate surface area is 104 Å². The lowest BCUT2D eigenvalue weighted by molar-refractivity contribution is 1.12. The largest absolute Gasteiger partial charge is 0.295 e. The van der Waals surface area contributed by atoms with Crippen LogP contribution in [0.5, 0.6) is 0 Å². The monoisotopic (exact) mass is 243 g/mol. The van der Waals surface area contributed by atoms with E-state index in [1.807, 2.05) is 4.40 Å². The molecule has 0 unspecified atom stereocenters. The standard InChI is InChI=1S/C13H10ClN3/c1-9-2-4-10(5-3-9)13-16-7-11-6-15-12(14)8-17(11)13/h2-8H,1H3. The van der Waals surface area contributed by atoms with Crippen molar-refractivity contribution in [3.8, 4) is 11.4 Å². The number of rotatable bonds is 1. The Balaban J connectivity index is 2.23. The predicted octanol–water partition coefficient (Wildman–Crippen LogP) is 3.36. The van der Waals surface area contributed by atoms with E-state index in [1.165, 1.54) is 5.56 Å². The SMILES string of the molecule is Cc1ccc(-c2ncc3cnc(Cl)cn23)cc1. The molecule has 0 N–H and O–H groups in total. The molecule has 0 radical (unpaired) electrons. The molecule has 0 aliphatic carbocycles. The molecule has 2 heterocycles. The second kappa shape index (κ2) is 3.86. The van der Waals surface area contributed by atoms with Crippen molar-refractivity contribution in [2.45, 2.75) is 6.92 Å². The molecule has 0 bridgehead atoms. The van der Waals surface area contributed by atoms with Crippen LogP contribution < -0.4 is 0 Å². The Morgan fingerprint density at radius 3 is 2.53 bits per heavy atom. The van der Waals surface area contributed by atoms with Gasteiger partial charge < -0.3 is 0 Å². The first kappa shape index (κ1) is 10.3. The zero-order valence-corrected chi connectivity index (χ0v) is 10.0. The molecule has 3 aromatic rings. The van der Waals surface area contributed by atoms with E-state index in [0.29, 0.717) is 5.15 Å². The van der Waals surface area contributed by atoms with Crippen molar-refractivity contribution in [3.05, 3.63) is 53.6 Å². The summed E-state index contributed by atoms with van der Waals surface area (Å²) >= 11 is 5.90. The van der Waals surface area contributed by atoms with Crippen LogP contribution in [0, 0.1) is 6.92 Å². The fourth-order valence-corrected chi connectivity index (χ4v) is 1.94. The van der Waals surface area contributed by atoms with Gasteiger partial charge in [0.15, 0.2) is 0 Å². The van der Waals surface area contributed by atoms with Crippen LogP contribution in [-0.2, 0) is 0 Å². The van der Waals surface area contributed by atoms with Crippen LogP contribution in [0.3, 0.4) is 0 Å². The van der Waals surface area contributed by atoms with E-state index in [0.717, 1.165) is 16.9 Å². The molecule has 0 saturated carbocycles. The lowest BCUT2D eigenvalue weighted by Crippen LogP contribution is -1.90. The number of fused-ring (bicyclic) bond motifs is 1. The molecule has 84 valence electrons. The molecule has 0 amide bonds. The van der Waals surface area contributed by atoms with Crippen molar-refractivity contribution in [2.24, 2.45) is 0 Å². The highest BCUT2D eigenvalue weighted by atomic mass is 35.5. The van der Waals surface area contributed by atoms with Crippen LogP contribution >= 0.6 is 11.6 Å². The van der Waals surface area contributed by atoms with Crippen molar-refractivity contribution in [2.75, 3.05) is 0 Å². The third-order valence-electron chi connectivity index (χ3n) is 2.69. The first-order chi connectivity index (χ1) is 8.24. The zero-order chi connectivity index (χ0) is 11.8. The summed E-state index contributed by atoms with van der Waals surface area (Å²) in [6.07, 6.45) is 5.28. The Morgan fingerprint density at radius 2 is 1.76 bits per heavy atom. The topological polar surface area (TPSA) is 30.2 Å². The summed E-state index contributed by atoms with van der Waals surface area (Å²) in [5, 5.41) is 0.462. The average Bonchev–Trinajstić information content (AvgIpc) is 2.73. The minimum absolute atomic E-state index is 0.462. The van der Waals surface area contributed by atoms with Gasteiger partial charge in [0.05, 0.1) is 17.9 Å². The third-order valence-corrected chi connectivity index (χ3v) is 2.89. The molecular weight excluding hydrogens is 234 g/mol. The van der Waals surface area contributed by atoms with E-state index in [1.54, 1.807) is 18.6 Å². The van der Waals surface area contributed by atoms with E-state index < -0.39 is 0 Å². The molecule has 1 aromatic carbocycles. The number of benzene rings is 1. The zero-order valence-electron chi connectivity index (χ0n) is 9.26. The highest BCUT2D eigenvalue weighted by molar-refractivity contribution is 6.29. The predicted molar refractivity (Wildman–Crippen MR) is 68.2 cm³/mol. The van der Waals surface area contributed by atoms with Gasteiger partial charge in [-0.3, -0.25) is 4.40 Å². The first-order valence-corrected chi connectivity index (χ1v) is 5.67. The van der Waals surface area contributed by atoms with Crippen LogP contribution in [0.15, 0.2) is 42.9 Å². The lowest BCUT2D eigenvalue weighted by Gasteiger charge is -2.02. The van der Waals surface area contributed by atoms with E-state index in [9.17, 15) is 0 Å². The fraction of sp³-hybridized carbons (Fsp3) is 0.0769. The summed E-state index contributed by atoms with van der Waals surface area (Å²) in [6, 6.07) is 8.25. The maximum Gasteiger partial charge on any atom is 0.145 e. The van der Waals surface area contributed by atoms with Gasteiger partial charge in [0.2, 0.25) is 0 Å².